The highest BCUT2D eigenvalue weighted by atomic mass is 32.2. The van der Waals surface area contributed by atoms with Crippen LogP contribution in [0.4, 0.5) is 8.78 Å². The number of cyclic esters (lactones) is 1. The van der Waals surface area contributed by atoms with E-state index in [4.69, 9.17) is 4.74 Å². The van der Waals surface area contributed by atoms with Crippen molar-refractivity contribution >= 4 is 29.7 Å². The smallest absolute Gasteiger partial charge is 0.387 e. The predicted octanol–water partition coefficient (Wildman–Crippen LogP) is 4.35. The second kappa shape index (κ2) is 7.48. The molecule has 0 saturated heterocycles. The lowest BCUT2D eigenvalue weighted by molar-refractivity contribution is -0.129. The number of ether oxygens (including phenoxy) is 2. The summed E-state index contributed by atoms with van der Waals surface area (Å²) in [5.74, 6) is -0.807. The Morgan fingerprint density at radius 2 is 1.88 bits per heavy atom. The van der Waals surface area contributed by atoms with Gasteiger partial charge >= 0.3 is 12.6 Å². The molecule has 1 aliphatic rings. The maximum atomic E-state index is 12.5. The molecule has 1 aliphatic heterocycles. The zero-order valence-electron chi connectivity index (χ0n) is 13.1. The first-order valence-electron chi connectivity index (χ1n) is 7.27. The lowest BCUT2D eigenvalue weighted by Gasteiger charge is -2.08. The van der Waals surface area contributed by atoms with Crippen molar-refractivity contribution in [2.45, 2.75) is 11.5 Å². The van der Waals surface area contributed by atoms with Gasteiger partial charge in [-0.2, -0.15) is 8.78 Å². The van der Waals surface area contributed by atoms with Gasteiger partial charge in [-0.05, 0) is 42.2 Å². The van der Waals surface area contributed by atoms with Crippen LogP contribution in [0.5, 0.6) is 5.75 Å². The van der Waals surface area contributed by atoms with Gasteiger partial charge in [0.2, 0.25) is 5.90 Å². The molecule has 0 aromatic heterocycles. The van der Waals surface area contributed by atoms with Crippen molar-refractivity contribution in [3.05, 3.63) is 65.4 Å². The van der Waals surface area contributed by atoms with Crippen molar-refractivity contribution in [1.29, 1.82) is 0 Å². The Labute approximate surface area is 147 Å². The van der Waals surface area contributed by atoms with Gasteiger partial charge in [0.15, 0.2) is 5.70 Å². The van der Waals surface area contributed by atoms with Crippen molar-refractivity contribution in [2.75, 3.05) is 6.26 Å². The zero-order valence-corrected chi connectivity index (χ0v) is 13.9. The summed E-state index contributed by atoms with van der Waals surface area (Å²) in [4.78, 5) is 17.2. The number of hydrogen-bond acceptors (Lipinski definition) is 5. The maximum Gasteiger partial charge on any atom is 0.387 e. The minimum absolute atomic E-state index is 0.0618. The molecule has 1 heterocycles. The van der Waals surface area contributed by atoms with Crippen LogP contribution in [0, 0.1) is 0 Å². The Kier molecular flexibility index (Phi) is 5.14. The fraction of sp³-hybridized carbons (Fsp3) is 0.111. The van der Waals surface area contributed by atoms with Crippen molar-refractivity contribution in [3.63, 3.8) is 0 Å². The summed E-state index contributed by atoms with van der Waals surface area (Å²) in [5, 5.41) is 0. The molecule has 7 heteroatoms. The van der Waals surface area contributed by atoms with Crippen molar-refractivity contribution < 1.29 is 23.0 Å². The Morgan fingerprint density at radius 3 is 2.56 bits per heavy atom. The van der Waals surface area contributed by atoms with Crippen LogP contribution in [0.1, 0.15) is 11.1 Å². The highest BCUT2D eigenvalue weighted by molar-refractivity contribution is 7.98. The second-order valence-corrected chi connectivity index (χ2v) is 5.86. The van der Waals surface area contributed by atoms with E-state index in [9.17, 15) is 13.6 Å². The summed E-state index contributed by atoms with van der Waals surface area (Å²) in [7, 11) is 0. The van der Waals surface area contributed by atoms with Gasteiger partial charge < -0.3 is 9.47 Å². The van der Waals surface area contributed by atoms with E-state index in [0.717, 1.165) is 10.5 Å². The summed E-state index contributed by atoms with van der Waals surface area (Å²) in [6, 6.07) is 13.6. The topological polar surface area (TPSA) is 47.9 Å². The molecule has 0 aliphatic carbocycles. The monoisotopic (exact) mass is 361 g/mol. The van der Waals surface area contributed by atoms with E-state index in [1.807, 2.05) is 30.5 Å². The molecule has 0 atom stereocenters. The molecule has 0 spiro atoms. The molecule has 0 N–H and O–H groups in total. The first-order chi connectivity index (χ1) is 12.1. The van der Waals surface area contributed by atoms with Crippen LogP contribution in [-0.2, 0) is 9.53 Å². The van der Waals surface area contributed by atoms with Gasteiger partial charge in [-0.1, -0.05) is 24.3 Å². The number of thioether (sulfide) groups is 1. The normalized spacial score (nSPS) is 15.4. The molecular weight excluding hydrogens is 348 g/mol. The average Bonchev–Trinajstić information content (AvgIpc) is 2.96. The summed E-state index contributed by atoms with van der Waals surface area (Å²) in [6.45, 7) is -2.98. The number of aliphatic imine (C=N–C) groups is 1. The molecular formula is C18H13F2NO3S. The molecule has 4 nitrogen and oxygen atoms in total. The standard InChI is InChI=1S/C18H13F2NO3S/c1-25-12-8-6-11(7-9-12)10-14-17(22)24-16(21-14)13-4-2-3-5-15(13)23-18(19)20/h2-10,18H,1H3/b14-10-. The van der Waals surface area contributed by atoms with Gasteiger partial charge in [-0.25, -0.2) is 9.79 Å². The van der Waals surface area contributed by atoms with Gasteiger partial charge in [0.05, 0.1) is 5.56 Å². The molecule has 25 heavy (non-hydrogen) atoms. The number of para-hydroxylation sites is 1. The minimum Gasteiger partial charge on any atom is -0.434 e. The summed E-state index contributed by atoms with van der Waals surface area (Å²) < 4.78 is 34.6. The number of esters is 1. The van der Waals surface area contributed by atoms with Crippen LogP contribution in [0.3, 0.4) is 0 Å². The van der Waals surface area contributed by atoms with Crippen LogP contribution >= 0.6 is 11.8 Å². The number of hydrogen-bond donors (Lipinski definition) is 0. The van der Waals surface area contributed by atoms with Crippen molar-refractivity contribution in [3.8, 4) is 5.75 Å². The highest BCUT2D eigenvalue weighted by Crippen LogP contribution is 2.26. The SMILES string of the molecule is CSc1ccc(/C=C2\N=C(c3ccccc3OC(F)F)OC2=O)cc1. The molecule has 0 radical (unpaired) electrons. The molecule has 2 aromatic carbocycles. The summed E-state index contributed by atoms with van der Waals surface area (Å²) in [5.41, 5.74) is 1.07. The highest BCUT2D eigenvalue weighted by Gasteiger charge is 2.26. The number of rotatable bonds is 5. The third kappa shape index (κ3) is 4.06. The number of carbonyl (C=O) groups excluding carboxylic acids is 1. The zero-order chi connectivity index (χ0) is 17.8. The number of halogens is 2. The van der Waals surface area contributed by atoms with Crippen LogP contribution in [0.2, 0.25) is 0 Å². The Hall–Kier alpha value is -2.67. The van der Waals surface area contributed by atoms with E-state index in [2.05, 4.69) is 9.73 Å². The molecule has 0 bridgehead atoms. The molecule has 0 fully saturated rings. The van der Waals surface area contributed by atoms with Gasteiger partial charge in [0.1, 0.15) is 5.75 Å². The van der Waals surface area contributed by atoms with Crippen LogP contribution in [0.25, 0.3) is 6.08 Å². The lowest BCUT2D eigenvalue weighted by Crippen LogP contribution is -2.10. The quantitative estimate of drug-likeness (QED) is 0.451. The largest absolute Gasteiger partial charge is 0.434 e. The van der Waals surface area contributed by atoms with Gasteiger partial charge in [0, 0.05) is 4.90 Å². The fourth-order valence-corrected chi connectivity index (χ4v) is 2.63. The third-order valence-electron chi connectivity index (χ3n) is 3.37. The summed E-state index contributed by atoms with van der Waals surface area (Å²) in [6.07, 6.45) is 3.55. The van der Waals surface area contributed by atoms with Crippen LogP contribution in [-0.4, -0.2) is 24.7 Å². The molecule has 0 amide bonds. The van der Waals surface area contributed by atoms with E-state index in [1.165, 1.54) is 12.1 Å². The number of alkyl halides is 2. The lowest BCUT2D eigenvalue weighted by atomic mass is 10.2. The van der Waals surface area contributed by atoms with Gasteiger partial charge in [-0.15, -0.1) is 11.8 Å². The van der Waals surface area contributed by atoms with Crippen molar-refractivity contribution in [2.24, 2.45) is 4.99 Å². The molecule has 0 saturated carbocycles. The molecule has 2 aromatic rings. The van der Waals surface area contributed by atoms with Crippen molar-refractivity contribution in [1.82, 2.24) is 0 Å². The first kappa shape index (κ1) is 17.2. The van der Waals surface area contributed by atoms with E-state index >= 15 is 0 Å². The third-order valence-corrected chi connectivity index (χ3v) is 4.12. The number of carbonyl (C=O) groups is 1. The van der Waals surface area contributed by atoms with Gasteiger partial charge in [0.25, 0.3) is 0 Å². The Morgan fingerprint density at radius 1 is 1.16 bits per heavy atom. The predicted molar refractivity (Wildman–Crippen MR) is 91.9 cm³/mol. The van der Waals surface area contributed by atoms with E-state index in [-0.39, 0.29) is 22.9 Å². The van der Waals surface area contributed by atoms with E-state index in [0.29, 0.717) is 0 Å². The minimum atomic E-state index is -2.98. The van der Waals surface area contributed by atoms with Crippen LogP contribution < -0.4 is 4.74 Å². The average molecular weight is 361 g/mol. The maximum absolute atomic E-state index is 12.5. The molecule has 128 valence electrons. The summed E-state index contributed by atoms with van der Waals surface area (Å²) >= 11 is 1.61. The first-order valence-corrected chi connectivity index (χ1v) is 8.50. The number of nitrogens with zero attached hydrogens (tertiary/aromatic N) is 1. The second-order valence-electron chi connectivity index (χ2n) is 4.98. The number of benzene rings is 2. The Bertz CT molecular complexity index is 848. The Balaban J connectivity index is 1.91. The van der Waals surface area contributed by atoms with E-state index < -0.39 is 12.6 Å². The molecule has 3 rings (SSSR count). The van der Waals surface area contributed by atoms with E-state index in [1.54, 1.807) is 30.0 Å². The fourth-order valence-electron chi connectivity index (χ4n) is 2.22. The van der Waals surface area contributed by atoms with Crippen LogP contribution in [0.15, 0.2) is 64.1 Å². The van der Waals surface area contributed by atoms with Gasteiger partial charge in [-0.3, -0.25) is 0 Å². The molecule has 0 unspecified atom stereocenters.